The molecule has 0 bridgehead atoms. The summed E-state index contributed by atoms with van der Waals surface area (Å²) in [5, 5.41) is 3.34. The second-order valence-electron chi connectivity index (χ2n) is 3.85. The van der Waals surface area contributed by atoms with Gasteiger partial charge in [-0.25, -0.2) is 4.98 Å². The van der Waals surface area contributed by atoms with Crippen molar-refractivity contribution in [3.05, 3.63) is 16.2 Å². The van der Waals surface area contributed by atoms with E-state index in [1.807, 2.05) is 11.8 Å². The number of nitrogen functional groups attached to an aromatic ring is 1. The van der Waals surface area contributed by atoms with Crippen LogP contribution in [0.2, 0.25) is 0 Å². The van der Waals surface area contributed by atoms with E-state index in [1.165, 1.54) is 0 Å². The molecule has 90 valence electrons. The Morgan fingerprint density at radius 2 is 2.24 bits per heavy atom. The first-order valence-electron chi connectivity index (χ1n) is 5.30. The maximum absolute atomic E-state index is 11.6. The predicted octanol–water partition coefficient (Wildman–Crippen LogP) is -0.394. The third-order valence-electron chi connectivity index (χ3n) is 2.65. The molecule has 3 rings (SSSR count). The number of H-pyrrole nitrogens is 2. The first-order valence-corrected chi connectivity index (χ1v) is 6.46. The van der Waals surface area contributed by atoms with E-state index in [1.54, 1.807) is 0 Å². The molecule has 1 aliphatic heterocycles. The molecule has 1 aliphatic rings. The van der Waals surface area contributed by atoms with Crippen molar-refractivity contribution in [2.45, 2.75) is 6.04 Å². The van der Waals surface area contributed by atoms with Gasteiger partial charge in [0.1, 0.15) is 5.82 Å². The van der Waals surface area contributed by atoms with E-state index in [0.29, 0.717) is 11.2 Å². The number of hydrogen-bond acceptors (Lipinski definition) is 6. The maximum atomic E-state index is 11.6. The van der Waals surface area contributed by atoms with Gasteiger partial charge in [-0.15, -0.1) is 0 Å². The van der Waals surface area contributed by atoms with Gasteiger partial charge >= 0.3 is 0 Å². The van der Waals surface area contributed by atoms with Crippen molar-refractivity contribution >= 4 is 28.9 Å². The van der Waals surface area contributed by atoms with Crippen LogP contribution in [0, 0.1) is 0 Å². The van der Waals surface area contributed by atoms with Gasteiger partial charge in [0.05, 0.1) is 6.04 Å². The molecule has 3 heterocycles. The highest BCUT2D eigenvalue weighted by Crippen LogP contribution is 2.20. The Kier molecular flexibility index (Phi) is 2.52. The van der Waals surface area contributed by atoms with Crippen LogP contribution < -0.4 is 16.6 Å². The molecule has 1 unspecified atom stereocenters. The lowest BCUT2D eigenvalue weighted by Crippen LogP contribution is -2.31. The first kappa shape index (κ1) is 10.6. The summed E-state index contributed by atoms with van der Waals surface area (Å²) in [7, 11) is 0. The van der Waals surface area contributed by atoms with E-state index in [-0.39, 0.29) is 17.5 Å². The second-order valence-corrected chi connectivity index (χ2v) is 5.00. The van der Waals surface area contributed by atoms with Crippen molar-refractivity contribution in [2.75, 3.05) is 23.8 Å². The Bertz CT molecular complexity index is 599. The Morgan fingerprint density at radius 3 is 3.00 bits per heavy atom. The zero-order valence-electron chi connectivity index (χ0n) is 8.99. The number of rotatable bonds is 1. The molecule has 2 aromatic rings. The van der Waals surface area contributed by atoms with Crippen LogP contribution in [-0.4, -0.2) is 38.0 Å². The number of anilines is 1. The summed E-state index contributed by atoms with van der Waals surface area (Å²) in [6.45, 7) is 0.943. The largest absolute Gasteiger partial charge is 0.369 e. The van der Waals surface area contributed by atoms with Gasteiger partial charge in [-0.2, -0.15) is 16.7 Å². The van der Waals surface area contributed by atoms with Gasteiger partial charge in [-0.05, 0) is 0 Å². The van der Waals surface area contributed by atoms with E-state index in [0.717, 1.165) is 23.9 Å². The molecule has 17 heavy (non-hydrogen) atoms. The summed E-state index contributed by atoms with van der Waals surface area (Å²) in [6.07, 6.45) is 0. The lowest BCUT2D eigenvalue weighted by Gasteiger charge is -2.20. The van der Waals surface area contributed by atoms with Crippen LogP contribution in [0.3, 0.4) is 0 Å². The van der Waals surface area contributed by atoms with Gasteiger partial charge in [-0.3, -0.25) is 9.78 Å². The van der Waals surface area contributed by atoms with E-state index in [9.17, 15) is 4.79 Å². The summed E-state index contributed by atoms with van der Waals surface area (Å²) >= 11 is 1.86. The minimum atomic E-state index is -0.283. The molecule has 0 aromatic carbocycles. The number of nitrogens with two attached hydrogens (primary N) is 1. The number of aromatic nitrogens is 4. The molecule has 1 saturated heterocycles. The molecule has 0 spiro atoms. The molecule has 2 aromatic heterocycles. The summed E-state index contributed by atoms with van der Waals surface area (Å²) in [5.41, 5.74) is 5.94. The Hall–Kier alpha value is -1.54. The first-order chi connectivity index (χ1) is 8.24. The molecular formula is C9H12N6OS. The highest BCUT2D eigenvalue weighted by Gasteiger charge is 2.19. The van der Waals surface area contributed by atoms with Gasteiger partial charge in [0.25, 0.3) is 5.56 Å². The van der Waals surface area contributed by atoms with E-state index >= 15 is 0 Å². The standard InChI is InChI=1S/C9H12N6OS/c10-9-14-7-5(8(16)15-9)12-6(13-7)4-3-17-2-1-11-4/h4,11H,1-3H2,(H4,10,12,13,14,15,16). The Labute approximate surface area is 101 Å². The van der Waals surface area contributed by atoms with E-state index < -0.39 is 0 Å². The fourth-order valence-electron chi connectivity index (χ4n) is 1.85. The summed E-state index contributed by atoms with van der Waals surface area (Å²) in [5.74, 6) is 2.87. The molecule has 1 fully saturated rings. The zero-order valence-corrected chi connectivity index (χ0v) is 9.80. The fraction of sp³-hybridized carbons (Fsp3) is 0.444. The van der Waals surface area contributed by atoms with Gasteiger partial charge in [0.15, 0.2) is 11.2 Å². The Balaban J connectivity index is 2.06. The number of hydrogen-bond donors (Lipinski definition) is 4. The van der Waals surface area contributed by atoms with Crippen molar-refractivity contribution in [1.82, 2.24) is 25.3 Å². The minimum Gasteiger partial charge on any atom is -0.369 e. The zero-order chi connectivity index (χ0) is 11.8. The molecule has 5 N–H and O–H groups in total. The topological polar surface area (TPSA) is 112 Å². The molecule has 0 saturated carbocycles. The average Bonchev–Trinajstić information content (AvgIpc) is 2.74. The number of imidazole rings is 1. The molecule has 1 atom stereocenters. The second kappa shape index (κ2) is 4.04. The average molecular weight is 252 g/mol. The monoisotopic (exact) mass is 252 g/mol. The fourth-order valence-corrected chi connectivity index (χ4v) is 2.79. The van der Waals surface area contributed by atoms with E-state index in [4.69, 9.17) is 5.73 Å². The van der Waals surface area contributed by atoms with Crippen LogP contribution in [0.5, 0.6) is 0 Å². The predicted molar refractivity (Wildman–Crippen MR) is 67.0 cm³/mol. The molecule has 8 heteroatoms. The number of aromatic amines is 2. The minimum absolute atomic E-state index is 0.0894. The van der Waals surface area contributed by atoms with Gasteiger partial charge in [-0.1, -0.05) is 0 Å². The molecular weight excluding hydrogens is 240 g/mol. The Morgan fingerprint density at radius 1 is 1.35 bits per heavy atom. The highest BCUT2D eigenvalue weighted by molar-refractivity contribution is 7.99. The third-order valence-corrected chi connectivity index (χ3v) is 3.71. The van der Waals surface area contributed by atoms with Crippen LogP contribution >= 0.6 is 11.8 Å². The van der Waals surface area contributed by atoms with Gasteiger partial charge < -0.3 is 16.0 Å². The van der Waals surface area contributed by atoms with Crippen LogP contribution in [0.4, 0.5) is 5.95 Å². The third kappa shape index (κ3) is 1.89. The van der Waals surface area contributed by atoms with Crippen molar-refractivity contribution in [1.29, 1.82) is 0 Å². The summed E-state index contributed by atoms with van der Waals surface area (Å²) < 4.78 is 0. The lowest BCUT2D eigenvalue weighted by atomic mass is 10.3. The molecule has 7 nitrogen and oxygen atoms in total. The summed E-state index contributed by atoms with van der Waals surface area (Å²) in [6, 6.07) is 0.142. The number of fused-ring (bicyclic) bond motifs is 1. The van der Waals surface area contributed by atoms with Crippen molar-refractivity contribution in [3.8, 4) is 0 Å². The normalized spacial score (nSPS) is 20.8. The number of nitrogens with one attached hydrogen (secondary N) is 3. The number of nitrogens with zero attached hydrogens (tertiary/aromatic N) is 2. The summed E-state index contributed by atoms with van der Waals surface area (Å²) in [4.78, 5) is 25.4. The van der Waals surface area contributed by atoms with Gasteiger partial charge in [0, 0.05) is 18.1 Å². The molecule has 0 radical (unpaired) electrons. The maximum Gasteiger partial charge on any atom is 0.278 e. The highest BCUT2D eigenvalue weighted by atomic mass is 32.2. The van der Waals surface area contributed by atoms with Crippen LogP contribution in [0.25, 0.3) is 11.2 Å². The smallest absolute Gasteiger partial charge is 0.278 e. The molecule has 0 amide bonds. The van der Waals surface area contributed by atoms with Crippen LogP contribution in [0.15, 0.2) is 4.79 Å². The SMILES string of the molecule is Nc1nc2nc(C3CSCCN3)[nH]c2c(=O)[nH]1. The van der Waals surface area contributed by atoms with Crippen molar-refractivity contribution in [3.63, 3.8) is 0 Å². The van der Waals surface area contributed by atoms with Crippen LogP contribution in [0.1, 0.15) is 11.9 Å². The lowest BCUT2D eigenvalue weighted by molar-refractivity contribution is 0.570. The molecule has 0 aliphatic carbocycles. The van der Waals surface area contributed by atoms with Crippen molar-refractivity contribution < 1.29 is 0 Å². The quantitative estimate of drug-likeness (QED) is 0.549. The van der Waals surface area contributed by atoms with E-state index in [2.05, 4.69) is 25.3 Å². The number of thioether (sulfide) groups is 1. The van der Waals surface area contributed by atoms with Gasteiger partial charge in [0.2, 0.25) is 5.95 Å². The van der Waals surface area contributed by atoms with Crippen LogP contribution in [-0.2, 0) is 0 Å². The van der Waals surface area contributed by atoms with Crippen molar-refractivity contribution in [2.24, 2.45) is 0 Å².